The Hall–Kier alpha value is -0.600. The van der Waals surface area contributed by atoms with Crippen LogP contribution in [0.1, 0.15) is 18.9 Å². The molecule has 72 valence electrons. The topological polar surface area (TPSA) is 9.23 Å². The summed E-state index contributed by atoms with van der Waals surface area (Å²) in [6.45, 7) is 2.88. The Morgan fingerprint density at radius 3 is 2.85 bits per heavy atom. The van der Waals surface area contributed by atoms with E-state index in [0.29, 0.717) is 17.2 Å². The van der Waals surface area contributed by atoms with Crippen LogP contribution in [0.4, 0.5) is 4.39 Å². The minimum Gasteiger partial charge on any atom is -0.377 e. The van der Waals surface area contributed by atoms with Gasteiger partial charge in [0, 0.05) is 17.2 Å². The smallest absolute Gasteiger partial charge is 0.130 e. The standard InChI is InChI=1S/C10H12ClFO/c1-2-6-13-7-8-9(11)4-3-5-10(8)12/h3-5H,2,6-7H2,1H3. The van der Waals surface area contributed by atoms with E-state index in [0.717, 1.165) is 6.42 Å². The Labute approximate surface area is 82.5 Å². The molecule has 13 heavy (non-hydrogen) atoms. The number of rotatable bonds is 4. The molecule has 1 aromatic rings. The number of benzene rings is 1. The highest BCUT2D eigenvalue weighted by atomic mass is 35.5. The molecule has 0 fully saturated rings. The van der Waals surface area contributed by atoms with Crippen LogP contribution in [0.3, 0.4) is 0 Å². The Kier molecular flexibility index (Phi) is 4.19. The van der Waals surface area contributed by atoms with Gasteiger partial charge >= 0.3 is 0 Å². The highest BCUT2D eigenvalue weighted by Gasteiger charge is 2.05. The zero-order chi connectivity index (χ0) is 9.68. The van der Waals surface area contributed by atoms with Crippen molar-refractivity contribution in [1.29, 1.82) is 0 Å². The highest BCUT2D eigenvalue weighted by Crippen LogP contribution is 2.19. The van der Waals surface area contributed by atoms with Crippen molar-refractivity contribution in [1.82, 2.24) is 0 Å². The lowest BCUT2D eigenvalue weighted by Gasteiger charge is -2.05. The SMILES string of the molecule is CCCOCc1c(F)cccc1Cl. The molecule has 0 saturated heterocycles. The van der Waals surface area contributed by atoms with Gasteiger partial charge in [0.15, 0.2) is 0 Å². The lowest BCUT2D eigenvalue weighted by molar-refractivity contribution is 0.119. The van der Waals surface area contributed by atoms with Gasteiger partial charge in [-0.2, -0.15) is 0 Å². The fraction of sp³-hybridized carbons (Fsp3) is 0.400. The second kappa shape index (κ2) is 5.20. The van der Waals surface area contributed by atoms with Gasteiger partial charge in [0.25, 0.3) is 0 Å². The summed E-state index contributed by atoms with van der Waals surface area (Å²) in [4.78, 5) is 0. The predicted octanol–water partition coefficient (Wildman–Crippen LogP) is 3.41. The first kappa shape index (κ1) is 10.5. The van der Waals surface area contributed by atoms with Crippen molar-refractivity contribution < 1.29 is 9.13 Å². The quantitative estimate of drug-likeness (QED) is 0.680. The summed E-state index contributed by atoms with van der Waals surface area (Å²) in [5, 5.41) is 0.427. The molecule has 0 N–H and O–H groups in total. The fourth-order valence-electron chi connectivity index (χ4n) is 0.989. The number of hydrogen-bond acceptors (Lipinski definition) is 1. The van der Waals surface area contributed by atoms with Gasteiger partial charge in [-0.25, -0.2) is 4.39 Å². The van der Waals surface area contributed by atoms with Gasteiger partial charge in [0.05, 0.1) is 6.61 Å². The monoisotopic (exact) mass is 202 g/mol. The van der Waals surface area contributed by atoms with E-state index >= 15 is 0 Å². The van der Waals surface area contributed by atoms with Crippen molar-refractivity contribution in [3.8, 4) is 0 Å². The molecule has 0 radical (unpaired) electrons. The van der Waals surface area contributed by atoms with Crippen molar-refractivity contribution >= 4 is 11.6 Å². The fourth-order valence-corrected chi connectivity index (χ4v) is 1.21. The molecule has 0 aliphatic rings. The summed E-state index contributed by atoms with van der Waals surface area (Å²) in [6, 6.07) is 4.63. The van der Waals surface area contributed by atoms with Crippen molar-refractivity contribution in [2.45, 2.75) is 20.0 Å². The van der Waals surface area contributed by atoms with E-state index < -0.39 is 0 Å². The number of halogens is 2. The van der Waals surface area contributed by atoms with Gasteiger partial charge in [0.1, 0.15) is 5.82 Å². The molecule has 0 heterocycles. The van der Waals surface area contributed by atoms with E-state index in [-0.39, 0.29) is 12.4 Å². The Balaban J connectivity index is 2.64. The molecular weight excluding hydrogens is 191 g/mol. The second-order valence-corrected chi connectivity index (χ2v) is 3.16. The van der Waals surface area contributed by atoms with E-state index in [4.69, 9.17) is 16.3 Å². The molecular formula is C10H12ClFO. The van der Waals surface area contributed by atoms with Gasteiger partial charge < -0.3 is 4.74 Å². The summed E-state index contributed by atoms with van der Waals surface area (Å²) in [5.74, 6) is -0.302. The Morgan fingerprint density at radius 2 is 2.23 bits per heavy atom. The molecule has 0 saturated carbocycles. The maximum atomic E-state index is 13.1. The van der Waals surface area contributed by atoms with Gasteiger partial charge in [-0.3, -0.25) is 0 Å². The average molecular weight is 203 g/mol. The summed E-state index contributed by atoms with van der Waals surface area (Å²) < 4.78 is 18.3. The van der Waals surface area contributed by atoms with Crippen LogP contribution < -0.4 is 0 Å². The molecule has 0 aromatic heterocycles. The minimum absolute atomic E-state index is 0.249. The van der Waals surface area contributed by atoms with E-state index in [2.05, 4.69) is 0 Å². The molecule has 0 spiro atoms. The maximum Gasteiger partial charge on any atom is 0.130 e. The van der Waals surface area contributed by atoms with Gasteiger partial charge in [0.2, 0.25) is 0 Å². The molecule has 1 rings (SSSR count). The second-order valence-electron chi connectivity index (χ2n) is 2.75. The Morgan fingerprint density at radius 1 is 1.46 bits per heavy atom. The van der Waals surface area contributed by atoms with Gasteiger partial charge in [-0.15, -0.1) is 0 Å². The van der Waals surface area contributed by atoms with Crippen LogP contribution in [0.15, 0.2) is 18.2 Å². The largest absolute Gasteiger partial charge is 0.377 e. The average Bonchev–Trinajstić information content (AvgIpc) is 2.10. The molecule has 1 nitrogen and oxygen atoms in total. The van der Waals surface area contributed by atoms with E-state index in [1.165, 1.54) is 6.07 Å². The molecule has 3 heteroatoms. The zero-order valence-corrected chi connectivity index (χ0v) is 8.27. The zero-order valence-electron chi connectivity index (χ0n) is 7.52. The summed E-state index contributed by atoms with van der Waals surface area (Å²) in [6.07, 6.45) is 0.923. The van der Waals surface area contributed by atoms with Crippen LogP contribution in [0.25, 0.3) is 0 Å². The van der Waals surface area contributed by atoms with Crippen LogP contribution in [0.2, 0.25) is 5.02 Å². The lowest BCUT2D eigenvalue weighted by Crippen LogP contribution is -1.97. The van der Waals surface area contributed by atoms with Crippen LogP contribution in [-0.2, 0) is 11.3 Å². The van der Waals surface area contributed by atoms with Crippen molar-refractivity contribution in [2.24, 2.45) is 0 Å². The molecule has 1 aromatic carbocycles. The molecule has 0 aliphatic carbocycles. The lowest BCUT2D eigenvalue weighted by atomic mass is 10.2. The van der Waals surface area contributed by atoms with Crippen LogP contribution in [-0.4, -0.2) is 6.61 Å². The summed E-state index contributed by atoms with van der Waals surface area (Å²) >= 11 is 5.79. The van der Waals surface area contributed by atoms with E-state index in [1.807, 2.05) is 6.92 Å². The Bertz CT molecular complexity index is 255. The predicted molar refractivity (Wildman–Crippen MR) is 51.4 cm³/mol. The summed E-state index contributed by atoms with van der Waals surface area (Å²) in [7, 11) is 0. The van der Waals surface area contributed by atoms with E-state index in [1.54, 1.807) is 12.1 Å². The molecule has 0 unspecified atom stereocenters. The third-order valence-corrected chi connectivity index (χ3v) is 2.01. The van der Waals surface area contributed by atoms with Crippen LogP contribution >= 0.6 is 11.6 Å². The number of ether oxygens (including phenoxy) is 1. The summed E-state index contributed by atoms with van der Waals surface area (Å²) in [5.41, 5.74) is 0.442. The maximum absolute atomic E-state index is 13.1. The molecule has 0 atom stereocenters. The van der Waals surface area contributed by atoms with Crippen molar-refractivity contribution in [2.75, 3.05) is 6.61 Å². The third kappa shape index (κ3) is 2.98. The molecule has 0 aliphatic heterocycles. The first-order valence-electron chi connectivity index (χ1n) is 4.26. The van der Waals surface area contributed by atoms with Crippen molar-refractivity contribution in [3.05, 3.63) is 34.6 Å². The third-order valence-electron chi connectivity index (χ3n) is 1.66. The minimum atomic E-state index is -0.302. The normalized spacial score (nSPS) is 10.4. The van der Waals surface area contributed by atoms with Gasteiger partial charge in [-0.1, -0.05) is 24.6 Å². The first-order chi connectivity index (χ1) is 6.25. The van der Waals surface area contributed by atoms with Crippen LogP contribution in [0, 0.1) is 5.82 Å². The van der Waals surface area contributed by atoms with Crippen molar-refractivity contribution in [3.63, 3.8) is 0 Å². The molecule has 0 bridgehead atoms. The highest BCUT2D eigenvalue weighted by molar-refractivity contribution is 6.31. The first-order valence-corrected chi connectivity index (χ1v) is 4.64. The van der Waals surface area contributed by atoms with Gasteiger partial charge in [-0.05, 0) is 18.6 Å². The van der Waals surface area contributed by atoms with Crippen LogP contribution in [0.5, 0.6) is 0 Å². The van der Waals surface area contributed by atoms with E-state index in [9.17, 15) is 4.39 Å². The molecule has 0 amide bonds. The number of hydrogen-bond donors (Lipinski definition) is 0.